The SMILES string of the molecule is O=CC(C=O)N1c2ccccc2Sc2ccccc21. The van der Waals surface area contributed by atoms with E-state index in [0.717, 1.165) is 21.2 Å². The van der Waals surface area contributed by atoms with Crippen molar-refractivity contribution >= 4 is 35.7 Å². The molecule has 0 unspecified atom stereocenters. The molecule has 0 aromatic heterocycles. The summed E-state index contributed by atoms with van der Waals surface area (Å²) in [6, 6.07) is 14.8. The molecule has 0 N–H and O–H groups in total. The number of nitrogens with zero attached hydrogens (tertiary/aromatic N) is 1. The minimum absolute atomic E-state index is 0.677. The first-order valence-corrected chi connectivity index (χ1v) is 6.72. The van der Waals surface area contributed by atoms with Gasteiger partial charge in [-0.2, -0.15) is 0 Å². The molecule has 0 bridgehead atoms. The summed E-state index contributed by atoms with van der Waals surface area (Å²) in [7, 11) is 0. The van der Waals surface area contributed by atoms with Crippen molar-refractivity contribution in [2.24, 2.45) is 0 Å². The molecule has 4 heteroatoms. The molecular formula is C15H11NO2S. The van der Waals surface area contributed by atoms with Gasteiger partial charge in [-0.15, -0.1) is 0 Å². The molecule has 1 aliphatic heterocycles. The van der Waals surface area contributed by atoms with Gasteiger partial charge in [-0.25, -0.2) is 0 Å². The fraction of sp³-hybridized carbons (Fsp3) is 0.0667. The maximum Gasteiger partial charge on any atom is 0.150 e. The van der Waals surface area contributed by atoms with Crippen LogP contribution in [0.25, 0.3) is 0 Å². The maximum absolute atomic E-state index is 11.2. The number of anilines is 2. The lowest BCUT2D eigenvalue weighted by atomic mass is 10.1. The number of hydrogen-bond acceptors (Lipinski definition) is 4. The molecule has 2 aromatic rings. The van der Waals surface area contributed by atoms with E-state index in [-0.39, 0.29) is 0 Å². The first kappa shape index (κ1) is 12.0. The molecule has 1 heterocycles. The Morgan fingerprint density at radius 1 is 0.842 bits per heavy atom. The summed E-state index contributed by atoms with van der Waals surface area (Å²) in [6.45, 7) is 0. The van der Waals surface area contributed by atoms with Gasteiger partial charge in [0, 0.05) is 9.79 Å². The van der Waals surface area contributed by atoms with Gasteiger partial charge in [-0.05, 0) is 24.3 Å². The van der Waals surface area contributed by atoms with Crippen molar-refractivity contribution in [3.8, 4) is 0 Å². The first-order chi connectivity index (χ1) is 9.35. The van der Waals surface area contributed by atoms with E-state index in [2.05, 4.69) is 0 Å². The fourth-order valence-corrected chi connectivity index (χ4v) is 3.28. The van der Waals surface area contributed by atoms with E-state index in [9.17, 15) is 9.59 Å². The van der Waals surface area contributed by atoms with Gasteiger partial charge in [0.05, 0.1) is 11.4 Å². The first-order valence-electron chi connectivity index (χ1n) is 5.91. The highest BCUT2D eigenvalue weighted by molar-refractivity contribution is 7.99. The molecule has 0 saturated carbocycles. The fourth-order valence-electron chi connectivity index (χ4n) is 2.21. The molecule has 0 fully saturated rings. The Morgan fingerprint density at radius 3 is 1.79 bits per heavy atom. The second kappa shape index (κ2) is 4.90. The number of benzene rings is 2. The van der Waals surface area contributed by atoms with Crippen molar-refractivity contribution < 1.29 is 9.59 Å². The zero-order valence-corrected chi connectivity index (χ0v) is 10.8. The van der Waals surface area contributed by atoms with Gasteiger partial charge in [-0.1, -0.05) is 36.0 Å². The normalized spacial score (nSPS) is 12.8. The van der Waals surface area contributed by atoms with E-state index in [0.29, 0.717) is 12.6 Å². The Balaban J connectivity index is 2.21. The van der Waals surface area contributed by atoms with Crippen LogP contribution in [0.15, 0.2) is 58.3 Å². The smallest absolute Gasteiger partial charge is 0.150 e. The zero-order valence-electron chi connectivity index (χ0n) is 10.0. The molecule has 0 amide bonds. The lowest BCUT2D eigenvalue weighted by Crippen LogP contribution is -2.35. The van der Waals surface area contributed by atoms with Gasteiger partial charge in [0.25, 0.3) is 0 Å². The summed E-state index contributed by atoms with van der Waals surface area (Å²) in [4.78, 5) is 26.2. The number of aldehydes is 2. The second-order valence-corrected chi connectivity index (χ2v) is 5.25. The summed E-state index contributed by atoms with van der Waals surface area (Å²) < 4.78 is 0. The van der Waals surface area contributed by atoms with Crippen molar-refractivity contribution in [1.29, 1.82) is 0 Å². The number of fused-ring (bicyclic) bond motifs is 2. The monoisotopic (exact) mass is 269 g/mol. The predicted octanol–water partition coefficient (Wildman–Crippen LogP) is 3.06. The maximum atomic E-state index is 11.2. The van der Waals surface area contributed by atoms with Gasteiger partial charge in [0.15, 0.2) is 0 Å². The van der Waals surface area contributed by atoms with Gasteiger partial charge >= 0.3 is 0 Å². The minimum Gasteiger partial charge on any atom is -0.322 e. The molecule has 1 aliphatic rings. The molecule has 2 aromatic carbocycles. The van der Waals surface area contributed by atoms with Gasteiger partial charge in [-0.3, -0.25) is 0 Å². The molecule has 0 radical (unpaired) electrons. The number of carbonyl (C=O) groups is 2. The van der Waals surface area contributed by atoms with Crippen molar-refractivity contribution in [3.05, 3.63) is 48.5 Å². The average Bonchev–Trinajstić information content (AvgIpc) is 2.47. The van der Waals surface area contributed by atoms with Crippen LogP contribution >= 0.6 is 11.8 Å². The number of carbonyl (C=O) groups excluding carboxylic acids is 2. The summed E-state index contributed by atoms with van der Waals surface area (Å²) in [5.41, 5.74) is 1.80. The summed E-state index contributed by atoms with van der Waals surface area (Å²) in [5, 5.41) is 0. The van der Waals surface area contributed by atoms with E-state index in [1.807, 2.05) is 48.5 Å². The minimum atomic E-state index is -0.789. The third kappa shape index (κ3) is 1.94. The lowest BCUT2D eigenvalue weighted by molar-refractivity contribution is -0.115. The summed E-state index contributed by atoms with van der Waals surface area (Å²) in [5.74, 6) is 0. The van der Waals surface area contributed by atoms with Crippen LogP contribution in [0.2, 0.25) is 0 Å². The molecule has 3 rings (SSSR count). The van der Waals surface area contributed by atoms with E-state index in [4.69, 9.17) is 0 Å². The van der Waals surface area contributed by atoms with Crippen LogP contribution in [0.3, 0.4) is 0 Å². The van der Waals surface area contributed by atoms with Crippen LogP contribution in [0, 0.1) is 0 Å². The number of rotatable bonds is 3. The molecule has 0 saturated heterocycles. The van der Waals surface area contributed by atoms with Gasteiger partial charge < -0.3 is 14.5 Å². The lowest BCUT2D eigenvalue weighted by Gasteiger charge is -2.34. The Morgan fingerprint density at radius 2 is 1.32 bits per heavy atom. The quantitative estimate of drug-likeness (QED) is 0.634. The van der Waals surface area contributed by atoms with Crippen LogP contribution < -0.4 is 4.90 Å². The highest BCUT2D eigenvalue weighted by atomic mass is 32.2. The second-order valence-electron chi connectivity index (χ2n) is 4.17. The van der Waals surface area contributed by atoms with E-state index >= 15 is 0 Å². The van der Waals surface area contributed by atoms with E-state index < -0.39 is 6.04 Å². The van der Waals surface area contributed by atoms with Crippen LogP contribution in [0.4, 0.5) is 11.4 Å². The Labute approximate surface area is 115 Å². The van der Waals surface area contributed by atoms with Crippen LogP contribution in [-0.2, 0) is 9.59 Å². The van der Waals surface area contributed by atoms with E-state index in [1.54, 1.807) is 16.7 Å². The molecule has 0 aliphatic carbocycles. The standard InChI is InChI=1S/C15H11NO2S/c17-9-11(10-18)16-12-5-1-3-7-14(12)19-15-8-4-2-6-13(15)16/h1-11H. The highest BCUT2D eigenvalue weighted by Crippen LogP contribution is 2.48. The van der Waals surface area contributed by atoms with E-state index in [1.165, 1.54) is 0 Å². The van der Waals surface area contributed by atoms with Gasteiger partial charge in [0.2, 0.25) is 0 Å². The van der Waals surface area contributed by atoms with Crippen LogP contribution in [0.5, 0.6) is 0 Å². The number of para-hydroxylation sites is 2. The molecule has 19 heavy (non-hydrogen) atoms. The van der Waals surface area contributed by atoms with Crippen molar-refractivity contribution in [3.63, 3.8) is 0 Å². The molecule has 0 spiro atoms. The summed E-state index contributed by atoms with van der Waals surface area (Å²) >= 11 is 1.65. The van der Waals surface area contributed by atoms with Crippen molar-refractivity contribution in [2.75, 3.05) is 4.90 Å². The molecule has 94 valence electrons. The van der Waals surface area contributed by atoms with Crippen LogP contribution in [-0.4, -0.2) is 18.6 Å². The molecular weight excluding hydrogens is 258 g/mol. The average molecular weight is 269 g/mol. The largest absolute Gasteiger partial charge is 0.322 e. The zero-order chi connectivity index (χ0) is 13.2. The third-order valence-electron chi connectivity index (χ3n) is 3.05. The number of hydrogen-bond donors (Lipinski definition) is 0. The predicted molar refractivity (Wildman–Crippen MR) is 75.1 cm³/mol. The highest BCUT2D eigenvalue weighted by Gasteiger charge is 2.28. The molecule has 0 atom stereocenters. The third-order valence-corrected chi connectivity index (χ3v) is 4.18. The van der Waals surface area contributed by atoms with Crippen LogP contribution in [0.1, 0.15) is 0 Å². The Kier molecular flexibility index (Phi) is 3.09. The molecule has 3 nitrogen and oxygen atoms in total. The van der Waals surface area contributed by atoms with Gasteiger partial charge in [0.1, 0.15) is 18.6 Å². The summed E-state index contributed by atoms with van der Waals surface area (Å²) in [6.07, 6.45) is 1.35. The van der Waals surface area contributed by atoms with Crippen molar-refractivity contribution in [2.45, 2.75) is 15.8 Å². The Bertz CT molecular complexity index is 588. The Hall–Kier alpha value is -2.07. The van der Waals surface area contributed by atoms with Crippen molar-refractivity contribution in [1.82, 2.24) is 0 Å². The topological polar surface area (TPSA) is 37.4 Å².